The third-order valence-corrected chi connectivity index (χ3v) is 0.666. The molecule has 1 N–H and O–H groups in total. The van der Waals surface area contributed by atoms with E-state index < -0.39 is 11.7 Å². The largest absolute Gasteiger partial charge is 0.348 e. The number of hydrogen-bond acceptors (Lipinski definition) is 1. The van der Waals surface area contributed by atoms with E-state index in [1.165, 1.54) is 0 Å². The van der Waals surface area contributed by atoms with E-state index in [0.29, 0.717) is 0 Å². The number of amides is 1. The molecule has 0 saturated carbocycles. The maximum atomic E-state index is 11.8. The molecule has 2 nitrogen and oxygen atoms in total. The number of carbonyl (C=O) groups is 1. The van der Waals surface area contributed by atoms with E-state index in [9.17, 15) is 9.18 Å². The third-order valence-electron chi connectivity index (χ3n) is 0.666. The summed E-state index contributed by atoms with van der Waals surface area (Å²) in [5.41, 5.74) is 0. The summed E-state index contributed by atoms with van der Waals surface area (Å²) in [4.78, 5) is 10.4. The minimum Gasteiger partial charge on any atom is -0.348 e. The van der Waals surface area contributed by atoms with Gasteiger partial charge >= 0.3 is 0 Å². The highest BCUT2D eigenvalue weighted by molar-refractivity contribution is 5.90. The fraction of sp³-hybridized carbons (Fsp3) is 0.500. The lowest BCUT2D eigenvalue weighted by Gasteiger charge is -2.04. The van der Waals surface area contributed by atoms with E-state index in [-0.39, 0.29) is 6.04 Å². The molecule has 0 bridgehead atoms. The van der Waals surface area contributed by atoms with Crippen LogP contribution in [0.3, 0.4) is 0 Å². The number of nitrogens with one attached hydrogen (secondary N) is 1. The summed E-state index contributed by atoms with van der Waals surface area (Å²) in [6, 6.07) is -0.0370. The van der Waals surface area contributed by atoms with Gasteiger partial charge in [-0.2, -0.15) is 0 Å². The summed E-state index contributed by atoms with van der Waals surface area (Å²) in [5.74, 6) is -1.67. The van der Waals surface area contributed by atoms with Crippen molar-refractivity contribution in [2.45, 2.75) is 19.9 Å². The van der Waals surface area contributed by atoms with Crippen molar-refractivity contribution in [2.75, 3.05) is 0 Å². The number of halogens is 1. The molecule has 0 aromatic heterocycles. The molecule has 0 aromatic rings. The lowest BCUT2D eigenvalue weighted by molar-refractivity contribution is -0.119. The van der Waals surface area contributed by atoms with Crippen molar-refractivity contribution in [1.82, 2.24) is 5.32 Å². The molecule has 0 unspecified atom stereocenters. The van der Waals surface area contributed by atoms with Gasteiger partial charge in [-0.25, -0.2) is 4.39 Å². The van der Waals surface area contributed by atoms with E-state index in [2.05, 4.69) is 11.9 Å². The summed E-state index contributed by atoms with van der Waals surface area (Å²) >= 11 is 0. The van der Waals surface area contributed by atoms with Gasteiger partial charge in [0, 0.05) is 6.04 Å². The summed E-state index contributed by atoms with van der Waals surface area (Å²) in [6.07, 6.45) is 0. The van der Waals surface area contributed by atoms with Gasteiger partial charge in [0.05, 0.1) is 0 Å². The molecule has 1 amide bonds. The number of hydrogen-bond donors (Lipinski definition) is 1. The van der Waals surface area contributed by atoms with Crippen LogP contribution in [0, 0.1) is 0 Å². The van der Waals surface area contributed by atoms with E-state index in [1.54, 1.807) is 13.8 Å². The molecule has 0 atom stereocenters. The zero-order valence-electron chi connectivity index (χ0n) is 5.57. The van der Waals surface area contributed by atoms with Gasteiger partial charge in [0.25, 0.3) is 5.91 Å². The van der Waals surface area contributed by atoms with Crippen LogP contribution in [0.25, 0.3) is 0 Å². The highest BCUT2D eigenvalue weighted by atomic mass is 19.1. The number of rotatable bonds is 2. The Kier molecular flexibility index (Phi) is 2.91. The van der Waals surface area contributed by atoms with Crippen molar-refractivity contribution >= 4 is 5.91 Å². The van der Waals surface area contributed by atoms with Crippen LogP contribution in [0.15, 0.2) is 12.4 Å². The van der Waals surface area contributed by atoms with Crippen molar-refractivity contribution in [3.8, 4) is 0 Å². The Morgan fingerprint density at radius 1 is 1.67 bits per heavy atom. The van der Waals surface area contributed by atoms with Gasteiger partial charge in [0.1, 0.15) is 0 Å². The lowest BCUT2D eigenvalue weighted by Crippen LogP contribution is -2.29. The predicted molar refractivity (Wildman–Crippen MR) is 33.5 cm³/mol. The van der Waals surface area contributed by atoms with Crippen LogP contribution in [0.4, 0.5) is 4.39 Å². The molecule has 0 spiro atoms. The van der Waals surface area contributed by atoms with Crippen LogP contribution in [0.2, 0.25) is 0 Å². The van der Waals surface area contributed by atoms with Crippen molar-refractivity contribution in [2.24, 2.45) is 0 Å². The van der Waals surface area contributed by atoms with Gasteiger partial charge in [0.2, 0.25) is 0 Å². The smallest absolute Gasteiger partial charge is 0.279 e. The lowest BCUT2D eigenvalue weighted by atomic mass is 10.4. The Morgan fingerprint density at radius 2 is 2.11 bits per heavy atom. The molecular weight excluding hydrogens is 121 g/mol. The Morgan fingerprint density at radius 3 is 2.22 bits per heavy atom. The topological polar surface area (TPSA) is 29.1 Å². The van der Waals surface area contributed by atoms with Crippen LogP contribution in [-0.4, -0.2) is 11.9 Å². The average molecular weight is 131 g/mol. The van der Waals surface area contributed by atoms with Gasteiger partial charge in [0.15, 0.2) is 5.83 Å². The van der Waals surface area contributed by atoms with E-state index in [4.69, 9.17) is 0 Å². The predicted octanol–water partition coefficient (Wildman–Crippen LogP) is 0.994. The first-order valence-corrected chi connectivity index (χ1v) is 2.69. The maximum Gasteiger partial charge on any atom is 0.279 e. The van der Waals surface area contributed by atoms with Crippen LogP contribution in [0.1, 0.15) is 13.8 Å². The van der Waals surface area contributed by atoms with Gasteiger partial charge in [-0.05, 0) is 13.8 Å². The molecule has 0 aromatic carbocycles. The fourth-order valence-corrected chi connectivity index (χ4v) is 0.340. The summed E-state index contributed by atoms with van der Waals surface area (Å²) in [6.45, 7) is 6.33. The highest BCUT2D eigenvalue weighted by Crippen LogP contribution is 1.90. The molecule has 0 saturated heterocycles. The maximum absolute atomic E-state index is 11.8. The molecule has 0 aliphatic heterocycles. The van der Waals surface area contributed by atoms with Gasteiger partial charge in [-0.3, -0.25) is 4.79 Å². The third kappa shape index (κ3) is 3.70. The van der Waals surface area contributed by atoms with Crippen molar-refractivity contribution < 1.29 is 9.18 Å². The zero-order chi connectivity index (χ0) is 7.44. The molecule has 0 rings (SSSR count). The monoisotopic (exact) mass is 131 g/mol. The zero-order valence-corrected chi connectivity index (χ0v) is 5.57. The van der Waals surface area contributed by atoms with Gasteiger partial charge in [-0.15, -0.1) is 0 Å². The fourth-order valence-electron chi connectivity index (χ4n) is 0.340. The Hall–Kier alpha value is -0.860. The number of carbonyl (C=O) groups excluding carboxylic acids is 1. The van der Waals surface area contributed by atoms with Crippen LogP contribution in [0.5, 0.6) is 0 Å². The van der Waals surface area contributed by atoms with Crippen LogP contribution >= 0.6 is 0 Å². The second-order valence-corrected chi connectivity index (χ2v) is 2.03. The summed E-state index contributed by atoms with van der Waals surface area (Å²) in [5, 5.41) is 2.33. The molecule has 3 heteroatoms. The first-order chi connectivity index (χ1) is 4.04. The normalized spacial score (nSPS) is 9.33. The molecule has 52 valence electrons. The molecule has 0 aliphatic carbocycles. The second-order valence-electron chi connectivity index (χ2n) is 2.03. The first kappa shape index (κ1) is 8.14. The molecule has 0 aliphatic rings. The van der Waals surface area contributed by atoms with E-state index in [1.807, 2.05) is 0 Å². The summed E-state index contributed by atoms with van der Waals surface area (Å²) < 4.78 is 11.8. The van der Waals surface area contributed by atoms with Crippen molar-refractivity contribution in [3.63, 3.8) is 0 Å². The molecule has 0 radical (unpaired) electrons. The Bertz CT molecular complexity index is 131. The minimum absolute atomic E-state index is 0.0370. The van der Waals surface area contributed by atoms with E-state index >= 15 is 0 Å². The van der Waals surface area contributed by atoms with Gasteiger partial charge in [-0.1, -0.05) is 6.58 Å². The average Bonchev–Trinajstić information content (AvgIpc) is 1.63. The highest BCUT2D eigenvalue weighted by Gasteiger charge is 2.04. The molecule has 9 heavy (non-hydrogen) atoms. The SMILES string of the molecule is C=C(F)C(=O)NC(C)C. The van der Waals surface area contributed by atoms with E-state index in [0.717, 1.165) is 0 Å². The van der Waals surface area contributed by atoms with Gasteiger partial charge < -0.3 is 5.32 Å². The first-order valence-electron chi connectivity index (χ1n) is 2.69. The van der Waals surface area contributed by atoms with Crippen LogP contribution < -0.4 is 5.32 Å². The molecule has 0 fully saturated rings. The summed E-state index contributed by atoms with van der Waals surface area (Å²) in [7, 11) is 0. The standard InChI is InChI=1S/C6H10FNO/c1-4(2)8-6(9)5(3)7/h4H,3H2,1-2H3,(H,8,9). The minimum atomic E-state index is -0.941. The molecular formula is C6H10FNO. The Labute approximate surface area is 53.8 Å². The van der Waals surface area contributed by atoms with Crippen LogP contribution in [-0.2, 0) is 4.79 Å². The Balaban J connectivity index is 3.65. The van der Waals surface area contributed by atoms with Crippen molar-refractivity contribution in [1.29, 1.82) is 0 Å². The molecule has 0 heterocycles. The second kappa shape index (κ2) is 3.22. The van der Waals surface area contributed by atoms with Crippen molar-refractivity contribution in [3.05, 3.63) is 12.4 Å². The quantitative estimate of drug-likeness (QED) is 0.556.